The number of rotatable bonds is 3. The second kappa shape index (κ2) is 6.21. The second-order valence-corrected chi connectivity index (χ2v) is 5.20. The zero-order valence-electron chi connectivity index (χ0n) is 10.7. The van der Waals surface area contributed by atoms with Gasteiger partial charge in [-0.3, -0.25) is 4.79 Å². The zero-order chi connectivity index (χ0) is 13.0. The van der Waals surface area contributed by atoms with Crippen LogP contribution in [0, 0.1) is 0 Å². The van der Waals surface area contributed by atoms with Gasteiger partial charge < -0.3 is 10.2 Å². The molecule has 1 saturated heterocycles. The van der Waals surface area contributed by atoms with Gasteiger partial charge in [-0.05, 0) is 31.0 Å². The lowest BCUT2D eigenvalue weighted by atomic mass is 10.1. The standard InChI is InChI=1S/C14H19ClN2O/c1-11-10-16-8-9-17(11)14(18)7-4-12-2-5-13(15)6-3-12/h2-3,5-6,11,16H,4,7-10H2,1H3. The molecule has 1 aliphatic heterocycles. The van der Waals surface area contributed by atoms with E-state index in [0.717, 1.165) is 36.6 Å². The number of benzene rings is 1. The minimum atomic E-state index is 0.249. The van der Waals surface area contributed by atoms with Crippen LogP contribution in [0.5, 0.6) is 0 Å². The first-order chi connectivity index (χ1) is 8.66. The fraction of sp³-hybridized carbons (Fsp3) is 0.500. The van der Waals surface area contributed by atoms with Crippen molar-refractivity contribution in [3.63, 3.8) is 0 Å². The highest BCUT2D eigenvalue weighted by Crippen LogP contribution is 2.12. The van der Waals surface area contributed by atoms with Gasteiger partial charge in [-0.25, -0.2) is 0 Å². The van der Waals surface area contributed by atoms with Crippen LogP contribution in [0.15, 0.2) is 24.3 Å². The largest absolute Gasteiger partial charge is 0.337 e. The molecular weight excluding hydrogens is 248 g/mol. The SMILES string of the molecule is CC1CNCCN1C(=O)CCc1ccc(Cl)cc1. The molecule has 1 aromatic carbocycles. The van der Waals surface area contributed by atoms with Crippen molar-refractivity contribution in [3.05, 3.63) is 34.9 Å². The van der Waals surface area contributed by atoms with Crippen LogP contribution in [-0.2, 0) is 11.2 Å². The summed E-state index contributed by atoms with van der Waals surface area (Å²) in [5, 5.41) is 4.03. The second-order valence-electron chi connectivity index (χ2n) is 4.77. The van der Waals surface area contributed by atoms with Crippen LogP contribution in [0.1, 0.15) is 18.9 Å². The third-order valence-corrected chi connectivity index (χ3v) is 3.61. The number of hydrogen-bond donors (Lipinski definition) is 1. The van der Waals surface area contributed by atoms with Gasteiger partial charge in [-0.1, -0.05) is 23.7 Å². The lowest BCUT2D eigenvalue weighted by Gasteiger charge is -2.34. The van der Waals surface area contributed by atoms with Crippen LogP contribution in [0.3, 0.4) is 0 Å². The molecular formula is C14H19ClN2O. The summed E-state index contributed by atoms with van der Waals surface area (Å²) in [5.41, 5.74) is 1.16. The Morgan fingerprint density at radius 1 is 1.44 bits per heavy atom. The molecule has 18 heavy (non-hydrogen) atoms. The maximum atomic E-state index is 12.1. The molecule has 0 saturated carbocycles. The van der Waals surface area contributed by atoms with Crippen LogP contribution >= 0.6 is 11.6 Å². The van der Waals surface area contributed by atoms with Crippen LogP contribution < -0.4 is 5.32 Å². The molecule has 98 valence electrons. The summed E-state index contributed by atoms with van der Waals surface area (Å²) >= 11 is 5.83. The van der Waals surface area contributed by atoms with E-state index in [2.05, 4.69) is 12.2 Å². The topological polar surface area (TPSA) is 32.3 Å². The number of piperazine rings is 1. The first kappa shape index (κ1) is 13.4. The summed E-state index contributed by atoms with van der Waals surface area (Å²) < 4.78 is 0. The summed E-state index contributed by atoms with van der Waals surface area (Å²) in [6.45, 7) is 4.71. The Morgan fingerprint density at radius 2 is 2.17 bits per heavy atom. The van der Waals surface area contributed by atoms with E-state index in [-0.39, 0.29) is 5.91 Å². The third-order valence-electron chi connectivity index (χ3n) is 3.36. The summed E-state index contributed by atoms with van der Waals surface area (Å²) in [4.78, 5) is 14.1. The van der Waals surface area contributed by atoms with E-state index >= 15 is 0 Å². The molecule has 1 N–H and O–H groups in total. The van der Waals surface area contributed by atoms with Gasteiger partial charge in [-0.2, -0.15) is 0 Å². The summed E-state index contributed by atoms with van der Waals surface area (Å²) in [7, 11) is 0. The summed E-state index contributed by atoms with van der Waals surface area (Å²) in [6.07, 6.45) is 1.36. The number of aryl methyl sites for hydroxylation is 1. The molecule has 0 aromatic heterocycles. The number of nitrogens with one attached hydrogen (secondary N) is 1. The molecule has 3 nitrogen and oxygen atoms in total. The predicted octanol–water partition coefficient (Wildman–Crippen LogP) is 2.09. The van der Waals surface area contributed by atoms with E-state index in [0.29, 0.717) is 12.5 Å². The van der Waals surface area contributed by atoms with Gasteiger partial charge >= 0.3 is 0 Å². The zero-order valence-corrected chi connectivity index (χ0v) is 11.4. The van der Waals surface area contributed by atoms with Crippen molar-refractivity contribution < 1.29 is 4.79 Å². The van der Waals surface area contributed by atoms with Crippen molar-refractivity contribution in [1.29, 1.82) is 0 Å². The van der Waals surface area contributed by atoms with Crippen molar-refractivity contribution in [2.24, 2.45) is 0 Å². The minimum Gasteiger partial charge on any atom is -0.337 e. The van der Waals surface area contributed by atoms with Crippen LogP contribution in [0.25, 0.3) is 0 Å². The van der Waals surface area contributed by atoms with Crippen molar-refractivity contribution in [2.75, 3.05) is 19.6 Å². The molecule has 0 bridgehead atoms. The van der Waals surface area contributed by atoms with Gasteiger partial charge in [0.1, 0.15) is 0 Å². The van der Waals surface area contributed by atoms with Crippen LogP contribution in [0.2, 0.25) is 5.02 Å². The maximum Gasteiger partial charge on any atom is 0.223 e. The fourth-order valence-electron chi connectivity index (χ4n) is 2.26. The molecule has 4 heteroatoms. The average molecular weight is 267 g/mol. The monoisotopic (exact) mass is 266 g/mol. The van der Waals surface area contributed by atoms with E-state index in [1.165, 1.54) is 0 Å². The van der Waals surface area contributed by atoms with Gasteiger partial charge in [-0.15, -0.1) is 0 Å². The van der Waals surface area contributed by atoms with E-state index in [4.69, 9.17) is 11.6 Å². The molecule has 1 atom stereocenters. The number of nitrogens with zero attached hydrogens (tertiary/aromatic N) is 1. The molecule has 1 amide bonds. The molecule has 0 spiro atoms. The van der Waals surface area contributed by atoms with E-state index in [9.17, 15) is 4.79 Å². The third kappa shape index (κ3) is 3.47. The normalized spacial score (nSPS) is 19.9. The van der Waals surface area contributed by atoms with Crippen molar-refractivity contribution in [3.8, 4) is 0 Å². The Balaban J connectivity index is 1.85. The lowest BCUT2D eigenvalue weighted by Crippen LogP contribution is -2.52. The Hall–Kier alpha value is -1.06. The van der Waals surface area contributed by atoms with E-state index in [1.54, 1.807) is 0 Å². The number of carbonyl (C=O) groups excluding carboxylic acids is 1. The van der Waals surface area contributed by atoms with Gasteiger partial charge in [0.05, 0.1) is 0 Å². The number of hydrogen-bond acceptors (Lipinski definition) is 2. The maximum absolute atomic E-state index is 12.1. The van der Waals surface area contributed by atoms with Gasteiger partial charge in [0.2, 0.25) is 5.91 Å². The van der Waals surface area contributed by atoms with Gasteiger partial charge in [0, 0.05) is 37.1 Å². The Morgan fingerprint density at radius 3 is 2.83 bits per heavy atom. The van der Waals surface area contributed by atoms with Crippen molar-refractivity contribution in [2.45, 2.75) is 25.8 Å². The number of carbonyl (C=O) groups is 1. The first-order valence-corrected chi connectivity index (χ1v) is 6.79. The highest BCUT2D eigenvalue weighted by molar-refractivity contribution is 6.30. The quantitative estimate of drug-likeness (QED) is 0.909. The highest BCUT2D eigenvalue weighted by Gasteiger charge is 2.22. The molecule has 1 fully saturated rings. The Bertz CT molecular complexity index is 405. The van der Waals surface area contributed by atoms with Crippen LogP contribution in [-0.4, -0.2) is 36.5 Å². The first-order valence-electron chi connectivity index (χ1n) is 6.41. The minimum absolute atomic E-state index is 0.249. The molecule has 0 aliphatic carbocycles. The predicted molar refractivity (Wildman–Crippen MR) is 73.8 cm³/mol. The van der Waals surface area contributed by atoms with E-state index in [1.807, 2.05) is 29.2 Å². The smallest absolute Gasteiger partial charge is 0.223 e. The number of amides is 1. The lowest BCUT2D eigenvalue weighted by molar-refractivity contribution is -0.133. The Kier molecular flexibility index (Phi) is 4.61. The van der Waals surface area contributed by atoms with Crippen LogP contribution in [0.4, 0.5) is 0 Å². The van der Waals surface area contributed by atoms with Crippen molar-refractivity contribution >= 4 is 17.5 Å². The summed E-state index contributed by atoms with van der Waals surface area (Å²) in [6, 6.07) is 8.01. The fourth-order valence-corrected chi connectivity index (χ4v) is 2.38. The van der Waals surface area contributed by atoms with Gasteiger partial charge in [0.25, 0.3) is 0 Å². The summed E-state index contributed by atoms with van der Waals surface area (Å²) in [5.74, 6) is 0.249. The average Bonchev–Trinajstić information content (AvgIpc) is 2.38. The Labute approximate surface area is 113 Å². The molecule has 1 aliphatic rings. The number of halogens is 1. The molecule has 1 aromatic rings. The molecule has 1 heterocycles. The molecule has 1 unspecified atom stereocenters. The molecule has 0 radical (unpaired) electrons. The van der Waals surface area contributed by atoms with Gasteiger partial charge in [0.15, 0.2) is 0 Å². The molecule has 2 rings (SSSR count). The van der Waals surface area contributed by atoms with E-state index < -0.39 is 0 Å². The van der Waals surface area contributed by atoms with Crippen molar-refractivity contribution in [1.82, 2.24) is 10.2 Å². The highest BCUT2D eigenvalue weighted by atomic mass is 35.5.